The third-order valence-electron chi connectivity index (χ3n) is 3.58. The average Bonchev–Trinajstić information content (AvgIpc) is 3.20. The predicted octanol–water partition coefficient (Wildman–Crippen LogP) is 1.25. The molecule has 6 nitrogen and oxygen atoms in total. The molecule has 2 rings (SSSR count). The van der Waals surface area contributed by atoms with Crippen molar-refractivity contribution in [2.24, 2.45) is 0 Å². The van der Waals surface area contributed by atoms with Gasteiger partial charge in [-0.25, -0.2) is 13.1 Å². The van der Waals surface area contributed by atoms with Crippen molar-refractivity contribution in [1.29, 1.82) is 0 Å². The monoisotopic (exact) mass is 315 g/mol. The molecule has 1 aliphatic rings. The SMILES string of the molecule is CNCc1cc(S(=O)(=O)NCCCCOC)cn1C1CC1. The molecule has 0 saturated heterocycles. The molecule has 0 amide bonds. The van der Waals surface area contributed by atoms with Crippen molar-refractivity contribution >= 4 is 10.0 Å². The Bertz CT molecular complexity index is 550. The van der Waals surface area contributed by atoms with E-state index in [1.54, 1.807) is 19.4 Å². The van der Waals surface area contributed by atoms with Gasteiger partial charge in [0.15, 0.2) is 0 Å². The number of hydrogen-bond donors (Lipinski definition) is 2. The smallest absolute Gasteiger partial charge is 0.242 e. The van der Waals surface area contributed by atoms with Crippen LogP contribution in [0.3, 0.4) is 0 Å². The number of nitrogens with zero attached hydrogens (tertiary/aromatic N) is 1. The molecule has 1 fully saturated rings. The van der Waals surface area contributed by atoms with Crippen LogP contribution in [0.2, 0.25) is 0 Å². The van der Waals surface area contributed by atoms with E-state index in [4.69, 9.17) is 4.74 Å². The zero-order valence-electron chi connectivity index (χ0n) is 12.8. The van der Waals surface area contributed by atoms with Gasteiger partial charge in [-0.2, -0.15) is 0 Å². The van der Waals surface area contributed by atoms with Crippen LogP contribution in [0.25, 0.3) is 0 Å². The van der Waals surface area contributed by atoms with Crippen molar-refractivity contribution in [2.45, 2.75) is 43.2 Å². The summed E-state index contributed by atoms with van der Waals surface area (Å²) in [6.07, 6.45) is 5.67. The highest BCUT2D eigenvalue weighted by Gasteiger charge is 2.27. The molecule has 0 atom stereocenters. The Kier molecular flexibility index (Phi) is 5.80. The standard InChI is InChI=1S/C14H25N3O3S/c1-15-10-13-9-14(11-17(13)12-5-6-12)21(18,19)16-7-3-4-8-20-2/h9,11-12,15-16H,3-8,10H2,1-2H3. The number of ether oxygens (including phenoxy) is 1. The molecule has 0 radical (unpaired) electrons. The van der Waals surface area contributed by atoms with Crippen molar-refractivity contribution in [1.82, 2.24) is 14.6 Å². The summed E-state index contributed by atoms with van der Waals surface area (Å²) >= 11 is 0. The molecule has 0 spiro atoms. The quantitative estimate of drug-likeness (QED) is 0.637. The first-order valence-corrected chi connectivity index (χ1v) is 8.90. The summed E-state index contributed by atoms with van der Waals surface area (Å²) in [6, 6.07) is 2.24. The number of rotatable bonds is 10. The topological polar surface area (TPSA) is 72.4 Å². The molecule has 1 heterocycles. The van der Waals surface area contributed by atoms with Gasteiger partial charge in [-0.15, -0.1) is 0 Å². The Hall–Kier alpha value is -0.890. The van der Waals surface area contributed by atoms with E-state index in [0.717, 1.165) is 31.4 Å². The molecule has 0 aliphatic heterocycles. The second kappa shape index (κ2) is 7.40. The van der Waals surface area contributed by atoms with Gasteiger partial charge in [-0.05, 0) is 38.8 Å². The molecule has 1 aliphatic carbocycles. The van der Waals surface area contributed by atoms with Gasteiger partial charge in [0.2, 0.25) is 10.0 Å². The molecular weight excluding hydrogens is 290 g/mol. The summed E-state index contributed by atoms with van der Waals surface area (Å²) in [4.78, 5) is 0.367. The van der Waals surface area contributed by atoms with Crippen LogP contribution in [0.5, 0.6) is 0 Å². The lowest BCUT2D eigenvalue weighted by molar-refractivity contribution is 0.193. The van der Waals surface area contributed by atoms with Gasteiger partial charge in [0, 0.05) is 44.7 Å². The Morgan fingerprint density at radius 2 is 2.14 bits per heavy atom. The molecule has 0 unspecified atom stereocenters. The molecule has 21 heavy (non-hydrogen) atoms. The third kappa shape index (κ3) is 4.54. The maximum absolute atomic E-state index is 12.3. The fourth-order valence-corrected chi connectivity index (χ4v) is 3.44. The van der Waals surface area contributed by atoms with Gasteiger partial charge < -0.3 is 14.6 Å². The van der Waals surface area contributed by atoms with Crippen molar-refractivity contribution in [2.75, 3.05) is 27.3 Å². The Morgan fingerprint density at radius 3 is 2.76 bits per heavy atom. The zero-order valence-corrected chi connectivity index (χ0v) is 13.6. The van der Waals surface area contributed by atoms with E-state index >= 15 is 0 Å². The third-order valence-corrected chi connectivity index (χ3v) is 5.01. The molecule has 2 N–H and O–H groups in total. The molecular formula is C14H25N3O3S. The summed E-state index contributed by atoms with van der Waals surface area (Å²) in [7, 11) is 0.102. The molecule has 0 bridgehead atoms. The Balaban J connectivity index is 2.00. The van der Waals surface area contributed by atoms with E-state index in [2.05, 4.69) is 14.6 Å². The van der Waals surface area contributed by atoms with E-state index in [1.807, 2.05) is 7.05 Å². The highest BCUT2D eigenvalue weighted by Crippen LogP contribution is 2.37. The van der Waals surface area contributed by atoms with Gasteiger partial charge >= 0.3 is 0 Å². The Labute approximate surface area is 126 Å². The van der Waals surface area contributed by atoms with Gasteiger partial charge in [-0.1, -0.05) is 0 Å². The fraction of sp³-hybridized carbons (Fsp3) is 0.714. The van der Waals surface area contributed by atoms with Crippen LogP contribution in [-0.4, -0.2) is 40.3 Å². The van der Waals surface area contributed by atoms with Crippen molar-refractivity contribution in [3.05, 3.63) is 18.0 Å². The first-order chi connectivity index (χ1) is 10.1. The summed E-state index contributed by atoms with van der Waals surface area (Å²) in [5, 5.41) is 3.09. The van der Waals surface area contributed by atoms with Gasteiger partial charge in [0.05, 0.1) is 4.90 Å². The number of hydrogen-bond acceptors (Lipinski definition) is 4. The van der Waals surface area contributed by atoms with E-state index in [1.165, 1.54) is 0 Å². The summed E-state index contributed by atoms with van der Waals surface area (Å²) < 4.78 is 34.3. The minimum Gasteiger partial charge on any atom is -0.385 e. The highest BCUT2D eigenvalue weighted by atomic mass is 32.2. The van der Waals surface area contributed by atoms with Crippen LogP contribution < -0.4 is 10.0 Å². The largest absolute Gasteiger partial charge is 0.385 e. The van der Waals surface area contributed by atoms with Crippen LogP contribution in [0.15, 0.2) is 17.2 Å². The lowest BCUT2D eigenvalue weighted by Gasteiger charge is -2.06. The molecule has 0 aromatic carbocycles. The normalized spacial score (nSPS) is 15.5. The van der Waals surface area contributed by atoms with Crippen LogP contribution in [0.4, 0.5) is 0 Å². The van der Waals surface area contributed by atoms with Gasteiger partial charge in [0.25, 0.3) is 0 Å². The summed E-state index contributed by atoms with van der Waals surface area (Å²) in [5.74, 6) is 0. The van der Waals surface area contributed by atoms with Crippen LogP contribution in [0, 0.1) is 0 Å². The first-order valence-electron chi connectivity index (χ1n) is 7.42. The van der Waals surface area contributed by atoms with E-state index in [9.17, 15) is 8.42 Å². The molecule has 7 heteroatoms. The molecule has 120 valence electrons. The van der Waals surface area contributed by atoms with Crippen LogP contribution >= 0.6 is 0 Å². The van der Waals surface area contributed by atoms with Crippen LogP contribution in [-0.2, 0) is 21.3 Å². The van der Waals surface area contributed by atoms with Gasteiger partial charge in [0.1, 0.15) is 0 Å². The molecule has 1 aromatic rings. The van der Waals surface area contributed by atoms with Crippen molar-refractivity contribution < 1.29 is 13.2 Å². The highest BCUT2D eigenvalue weighted by molar-refractivity contribution is 7.89. The zero-order chi connectivity index (χ0) is 15.3. The fourth-order valence-electron chi connectivity index (χ4n) is 2.32. The molecule has 1 saturated carbocycles. The number of unbranched alkanes of at least 4 members (excludes halogenated alkanes) is 1. The minimum absolute atomic E-state index is 0.367. The second-order valence-electron chi connectivity index (χ2n) is 5.43. The Morgan fingerprint density at radius 1 is 1.38 bits per heavy atom. The number of nitrogens with one attached hydrogen (secondary N) is 2. The lowest BCUT2D eigenvalue weighted by Crippen LogP contribution is -2.24. The maximum Gasteiger partial charge on any atom is 0.242 e. The second-order valence-corrected chi connectivity index (χ2v) is 7.20. The van der Waals surface area contributed by atoms with Crippen molar-refractivity contribution in [3.8, 4) is 0 Å². The summed E-state index contributed by atoms with van der Waals surface area (Å²) in [5.41, 5.74) is 1.03. The average molecular weight is 315 g/mol. The molecule has 1 aromatic heterocycles. The summed E-state index contributed by atoms with van der Waals surface area (Å²) in [6.45, 7) is 1.79. The van der Waals surface area contributed by atoms with Crippen molar-refractivity contribution in [3.63, 3.8) is 0 Å². The lowest BCUT2D eigenvalue weighted by atomic mass is 10.3. The van der Waals surface area contributed by atoms with E-state index in [0.29, 0.717) is 30.6 Å². The van der Waals surface area contributed by atoms with Crippen LogP contribution in [0.1, 0.15) is 37.4 Å². The first kappa shape index (κ1) is 16.5. The number of sulfonamides is 1. The number of aromatic nitrogens is 1. The number of methoxy groups -OCH3 is 1. The van der Waals surface area contributed by atoms with E-state index in [-0.39, 0.29) is 0 Å². The maximum atomic E-state index is 12.3. The van der Waals surface area contributed by atoms with Gasteiger partial charge in [-0.3, -0.25) is 0 Å². The minimum atomic E-state index is -3.41. The predicted molar refractivity (Wildman–Crippen MR) is 81.8 cm³/mol. The van der Waals surface area contributed by atoms with E-state index < -0.39 is 10.0 Å².